The van der Waals surface area contributed by atoms with Gasteiger partial charge in [-0.15, -0.1) is 0 Å². The highest BCUT2D eigenvalue weighted by molar-refractivity contribution is 6.01. The molecule has 3 nitrogen and oxygen atoms in total. The lowest BCUT2D eigenvalue weighted by Crippen LogP contribution is -2.12. The van der Waals surface area contributed by atoms with E-state index in [0.717, 1.165) is 33.5 Å². The van der Waals surface area contributed by atoms with Gasteiger partial charge < -0.3 is 5.32 Å². The van der Waals surface area contributed by atoms with Gasteiger partial charge in [0.1, 0.15) is 5.82 Å². The van der Waals surface area contributed by atoms with Crippen LogP contribution in [-0.4, -0.2) is 10.9 Å². The van der Waals surface area contributed by atoms with Gasteiger partial charge in [-0.2, -0.15) is 0 Å². The van der Waals surface area contributed by atoms with Gasteiger partial charge in [-0.05, 0) is 59.5 Å². The van der Waals surface area contributed by atoms with E-state index in [1.54, 1.807) is 18.3 Å². The minimum Gasteiger partial charge on any atom is -0.348 e. The Morgan fingerprint density at radius 3 is 2.54 bits per heavy atom. The summed E-state index contributed by atoms with van der Waals surface area (Å²) in [5, 5.41) is 2.85. The number of carbonyl (C=O) groups is 1. The van der Waals surface area contributed by atoms with Crippen LogP contribution in [0, 0.1) is 12.7 Å². The highest BCUT2D eigenvalue weighted by Crippen LogP contribution is 2.36. The van der Waals surface area contributed by atoms with E-state index in [4.69, 9.17) is 0 Å². The number of pyridine rings is 1. The number of nitrogens with one attached hydrogen (secondary N) is 1. The number of benzene rings is 2. The van der Waals surface area contributed by atoms with E-state index in [1.807, 2.05) is 31.2 Å². The maximum Gasteiger partial charge on any atom is 0.251 e. The lowest BCUT2D eigenvalue weighted by Gasteiger charge is -2.14. The molecule has 4 rings (SSSR count). The molecule has 0 atom stereocenters. The van der Waals surface area contributed by atoms with Crippen molar-refractivity contribution in [2.24, 2.45) is 0 Å². The Bertz CT molecular complexity index is 948. The van der Waals surface area contributed by atoms with Gasteiger partial charge in [0.05, 0.1) is 0 Å². The molecule has 1 amide bonds. The molecule has 0 bridgehead atoms. The van der Waals surface area contributed by atoms with Crippen LogP contribution in [0.25, 0.3) is 22.3 Å². The molecular formula is C20H15FN2O. The normalized spacial score (nSPS) is 12.8. The molecule has 0 aliphatic carbocycles. The third kappa shape index (κ3) is 2.36. The molecule has 1 aliphatic heterocycles. The Labute approximate surface area is 139 Å². The monoisotopic (exact) mass is 318 g/mol. The van der Waals surface area contributed by atoms with Crippen molar-refractivity contribution in [3.05, 3.63) is 77.4 Å². The maximum absolute atomic E-state index is 13.3. The molecule has 2 heterocycles. The van der Waals surface area contributed by atoms with Gasteiger partial charge in [0.25, 0.3) is 5.91 Å². The van der Waals surface area contributed by atoms with Crippen LogP contribution in [0.3, 0.4) is 0 Å². The van der Waals surface area contributed by atoms with E-state index in [-0.39, 0.29) is 11.7 Å². The average molecular weight is 318 g/mol. The Hall–Kier alpha value is -3.01. The van der Waals surface area contributed by atoms with E-state index >= 15 is 0 Å². The predicted molar refractivity (Wildman–Crippen MR) is 91.0 cm³/mol. The third-order valence-corrected chi connectivity index (χ3v) is 4.38. The van der Waals surface area contributed by atoms with E-state index in [9.17, 15) is 9.18 Å². The van der Waals surface area contributed by atoms with Crippen molar-refractivity contribution in [3.63, 3.8) is 0 Å². The highest BCUT2D eigenvalue weighted by atomic mass is 19.1. The lowest BCUT2D eigenvalue weighted by atomic mass is 9.90. The van der Waals surface area contributed by atoms with E-state index in [1.165, 1.54) is 12.1 Å². The summed E-state index contributed by atoms with van der Waals surface area (Å²) >= 11 is 0. The van der Waals surface area contributed by atoms with E-state index < -0.39 is 0 Å². The standard InChI is InChI=1S/C20H15FN2O/c1-12-16(3-2-8-22-12)19-9-14-11-23-20(24)18(14)10-17(19)13-4-6-15(21)7-5-13/h2-10H,11H2,1H3,(H,23,24). The number of nitrogens with zero attached hydrogens (tertiary/aromatic N) is 1. The average Bonchev–Trinajstić information content (AvgIpc) is 2.95. The molecule has 1 N–H and O–H groups in total. The number of rotatable bonds is 2. The summed E-state index contributed by atoms with van der Waals surface area (Å²) < 4.78 is 13.3. The van der Waals surface area contributed by atoms with Crippen molar-refractivity contribution >= 4 is 5.91 Å². The van der Waals surface area contributed by atoms with Gasteiger partial charge in [0.2, 0.25) is 0 Å². The summed E-state index contributed by atoms with van der Waals surface area (Å²) in [6.45, 7) is 2.49. The second-order valence-corrected chi connectivity index (χ2v) is 5.88. The first-order chi connectivity index (χ1) is 11.6. The first-order valence-electron chi connectivity index (χ1n) is 7.76. The molecule has 1 aliphatic rings. The van der Waals surface area contributed by atoms with Crippen LogP contribution in [0.5, 0.6) is 0 Å². The molecule has 3 aromatic rings. The van der Waals surface area contributed by atoms with Crippen LogP contribution >= 0.6 is 0 Å². The van der Waals surface area contributed by atoms with Gasteiger partial charge >= 0.3 is 0 Å². The molecule has 0 saturated carbocycles. The van der Waals surface area contributed by atoms with Crippen molar-refractivity contribution in [3.8, 4) is 22.3 Å². The second-order valence-electron chi connectivity index (χ2n) is 5.88. The zero-order valence-corrected chi connectivity index (χ0v) is 13.1. The van der Waals surface area contributed by atoms with Crippen LogP contribution in [0.2, 0.25) is 0 Å². The first kappa shape index (κ1) is 14.6. The molecule has 0 spiro atoms. The fourth-order valence-corrected chi connectivity index (χ4v) is 3.13. The van der Waals surface area contributed by atoms with Crippen LogP contribution in [-0.2, 0) is 6.54 Å². The number of fused-ring (bicyclic) bond motifs is 1. The van der Waals surface area contributed by atoms with Crippen LogP contribution < -0.4 is 5.32 Å². The van der Waals surface area contributed by atoms with Crippen molar-refractivity contribution in [2.75, 3.05) is 0 Å². The molecule has 118 valence electrons. The minimum absolute atomic E-state index is 0.0668. The maximum atomic E-state index is 13.3. The number of carbonyl (C=O) groups excluding carboxylic acids is 1. The molecular weight excluding hydrogens is 303 g/mol. The molecule has 1 aromatic heterocycles. The molecule has 0 unspecified atom stereocenters. The largest absolute Gasteiger partial charge is 0.348 e. The number of amides is 1. The third-order valence-electron chi connectivity index (χ3n) is 4.38. The van der Waals surface area contributed by atoms with Crippen LogP contribution in [0.15, 0.2) is 54.7 Å². The fourth-order valence-electron chi connectivity index (χ4n) is 3.13. The van der Waals surface area contributed by atoms with Crippen molar-refractivity contribution in [1.82, 2.24) is 10.3 Å². The van der Waals surface area contributed by atoms with Crippen molar-refractivity contribution in [1.29, 1.82) is 0 Å². The SMILES string of the molecule is Cc1ncccc1-c1cc2c(cc1-c1ccc(F)cc1)C(=O)NC2. The fraction of sp³-hybridized carbons (Fsp3) is 0.100. The number of hydrogen-bond acceptors (Lipinski definition) is 2. The zero-order chi connectivity index (χ0) is 16.7. The Morgan fingerprint density at radius 1 is 1.00 bits per heavy atom. The second kappa shape index (κ2) is 5.57. The highest BCUT2D eigenvalue weighted by Gasteiger charge is 2.22. The minimum atomic E-state index is -0.281. The van der Waals surface area contributed by atoms with Crippen molar-refractivity contribution in [2.45, 2.75) is 13.5 Å². The molecule has 2 aromatic carbocycles. The Morgan fingerprint density at radius 2 is 1.79 bits per heavy atom. The summed E-state index contributed by atoms with van der Waals surface area (Å²) in [6.07, 6.45) is 1.76. The topological polar surface area (TPSA) is 42.0 Å². The summed E-state index contributed by atoms with van der Waals surface area (Å²) in [6, 6.07) is 14.2. The van der Waals surface area contributed by atoms with E-state index in [2.05, 4.69) is 10.3 Å². The molecule has 4 heteroatoms. The van der Waals surface area contributed by atoms with Gasteiger partial charge in [0, 0.05) is 29.6 Å². The molecule has 0 fully saturated rings. The van der Waals surface area contributed by atoms with Crippen molar-refractivity contribution < 1.29 is 9.18 Å². The Balaban J connectivity index is 2.00. The van der Waals surface area contributed by atoms with Crippen LogP contribution in [0.4, 0.5) is 4.39 Å². The van der Waals surface area contributed by atoms with Crippen LogP contribution in [0.1, 0.15) is 21.6 Å². The quantitative estimate of drug-likeness (QED) is 0.773. The molecule has 0 radical (unpaired) electrons. The van der Waals surface area contributed by atoms with Gasteiger partial charge in [-0.1, -0.05) is 18.2 Å². The van der Waals surface area contributed by atoms with E-state index in [0.29, 0.717) is 12.1 Å². The van der Waals surface area contributed by atoms with Gasteiger partial charge in [0.15, 0.2) is 0 Å². The Kier molecular flexibility index (Phi) is 3.38. The summed E-state index contributed by atoms with van der Waals surface area (Å²) in [5.41, 5.74) is 6.36. The number of hydrogen-bond donors (Lipinski definition) is 1. The zero-order valence-electron chi connectivity index (χ0n) is 13.1. The lowest BCUT2D eigenvalue weighted by molar-refractivity contribution is 0.0966. The summed E-state index contributed by atoms with van der Waals surface area (Å²) in [5.74, 6) is -0.348. The number of halogens is 1. The smallest absolute Gasteiger partial charge is 0.251 e. The molecule has 24 heavy (non-hydrogen) atoms. The van der Waals surface area contributed by atoms with Gasteiger partial charge in [-0.25, -0.2) is 4.39 Å². The summed E-state index contributed by atoms with van der Waals surface area (Å²) in [7, 11) is 0. The van der Waals surface area contributed by atoms with Gasteiger partial charge in [-0.3, -0.25) is 9.78 Å². The molecule has 0 saturated heterocycles. The number of aromatic nitrogens is 1. The predicted octanol–water partition coefficient (Wildman–Crippen LogP) is 4.11. The number of aryl methyl sites for hydroxylation is 1. The summed E-state index contributed by atoms with van der Waals surface area (Å²) in [4.78, 5) is 16.4. The first-order valence-corrected chi connectivity index (χ1v) is 7.76.